The van der Waals surface area contributed by atoms with Crippen LogP contribution in [0.4, 0.5) is 0 Å². The van der Waals surface area contributed by atoms with Crippen LogP contribution in [0.1, 0.15) is 43.5 Å². The Balaban J connectivity index is 1.52. The van der Waals surface area contributed by atoms with Crippen molar-refractivity contribution in [2.24, 2.45) is 0 Å². The molecule has 3 heteroatoms. The predicted molar refractivity (Wildman–Crippen MR) is 80.2 cm³/mol. The summed E-state index contributed by atoms with van der Waals surface area (Å²) in [5.74, 6) is 0. The second-order valence-corrected chi connectivity index (χ2v) is 5.80. The van der Waals surface area contributed by atoms with E-state index in [0.29, 0.717) is 0 Å². The van der Waals surface area contributed by atoms with E-state index < -0.39 is 0 Å². The third-order valence-electron chi connectivity index (χ3n) is 3.60. The lowest BCUT2D eigenvalue weighted by Gasteiger charge is -2.16. The van der Waals surface area contributed by atoms with E-state index >= 15 is 0 Å². The molecular weight excluding hydrogens is 234 g/mol. The third kappa shape index (κ3) is 6.17. The summed E-state index contributed by atoms with van der Waals surface area (Å²) in [6.07, 6.45) is 6.71. The van der Waals surface area contributed by atoms with Crippen LogP contribution in [0.2, 0.25) is 0 Å². The average molecular weight is 261 g/mol. The summed E-state index contributed by atoms with van der Waals surface area (Å²) in [5.41, 5.74) is 2.29. The van der Waals surface area contributed by atoms with Gasteiger partial charge in [0.2, 0.25) is 0 Å². The number of nitrogens with one attached hydrogen (secondary N) is 1. The molecular formula is C16H27N3. The van der Waals surface area contributed by atoms with Crippen molar-refractivity contribution in [2.45, 2.75) is 51.6 Å². The van der Waals surface area contributed by atoms with E-state index in [9.17, 15) is 0 Å². The van der Waals surface area contributed by atoms with Crippen molar-refractivity contribution in [3.63, 3.8) is 0 Å². The van der Waals surface area contributed by atoms with E-state index in [2.05, 4.69) is 47.4 Å². The van der Waals surface area contributed by atoms with Gasteiger partial charge in [-0.2, -0.15) is 0 Å². The fraction of sp³-hybridized carbons (Fsp3) is 0.688. The van der Waals surface area contributed by atoms with E-state index in [1.165, 1.54) is 50.9 Å². The topological polar surface area (TPSA) is 28.2 Å². The van der Waals surface area contributed by atoms with Crippen molar-refractivity contribution in [1.82, 2.24) is 15.2 Å². The lowest BCUT2D eigenvalue weighted by atomic mass is 10.2. The molecule has 0 spiro atoms. The number of aromatic nitrogens is 1. The maximum Gasteiger partial charge on any atom is 0.0547 e. The largest absolute Gasteiger partial charge is 0.314 e. The Morgan fingerprint density at radius 2 is 2.11 bits per heavy atom. The molecule has 1 aliphatic rings. The van der Waals surface area contributed by atoms with Gasteiger partial charge in [-0.3, -0.25) is 4.98 Å². The van der Waals surface area contributed by atoms with Crippen LogP contribution in [0, 0.1) is 6.92 Å². The van der Waals surface area contributed by atoms with Gasteiger partial charge in [-0.1, -0.05) is 12.5 Å². The second-order valence-electron chi connectivity index (χ2n) is 5.80. The molecule has 1 aromatic rings. The summed E-state index contributed by atoms with van der Waals surface area (Å²) < 4.78 is 0. The summed E-state index contributed by atoms with van der Waals surface area (Å²) in [6, 6.07) is 7.11. The maximum absolute atomic E-state index is 4.55. The smallest absolute Gasteiger partial charge is 0.0547 e. The van der Waals surface area contributed by atoms with E-state index in [1.807, 2.05) is 0 Å². The first-order chi connectivity index (χ1) is 9.24. The highest BCUT2D eigenvalue weighted by molar-refractivity contribution is 5.09. The van der Waals surface area contributed by atoms with Gasteiger partial charge in [-0.05, 0) is 64.9 Å². The summed E-state index contributed by atoms with van der Waals surface area (Å²) in [4.78, 5) is 6.92. The second kappa shape index (κ2) is 7.61. The van der Waals surface area contributed by atoms with Gasteiger partial charge >= 0.3 is 0 Å². The molecule has 1 fully saturated rings. The van der Waals surface area contributed by atoms with Gasteiger partial charge < -0.3 is 10.2 Å². The molecule has 3 nitrogen and oxygen atoms in total. The highest BCUT2D eigenvalue weighted by atomic mass is 15.1. The molecule has 1 heterocycles. The Bertz CT molecular complexity index is 374. The predicted octanol–water partition coefficient (Wildman–Crippen LogP) is 2.74. The third-order valence-corrected chi connectivity index (χ3v) is 3.60. The van der Waals surface area contributed by atoms with E-state index in [-0.39, 0.29) is 0 Å². The van der Waals surface area contributed by atoms with Crippen LogP contribution in [0.3, 0.4) is 0 Å². The van der Waals surface area contributed by atoms with E-state index in [4.69, 9.17) is 0 Å². The molecule has 0 saturated heterocycles. The Morgan fingerprint density at radius 1 is 1.26 bits per heavy atom. The van der Waals surface area contributed by atoms with Crippen molar-refractivity contribution in [2.75, 3.05) is 20.1 Å². The summed E-state index contributed by atoms with van der Waals surface area (Å²) in [6.45, 7) is 5.38. The Morgan fingerprint density at radius 3 is 2.84 bits per heavy atom. The minimum absolute atomic E-state index is 0.857. The molecule has 1 N–H and O–H groups in total. The van der Waals surface area contributed by atoms with Crippen LogP contribution in [0.5, 0.6) is 0 Å². The van der Waals surface area contributed by atoms with Crippen LogP contribution >= 0.6 is 0 Å². The maximum atomic E-state index is 4.55. The molecule has 1 saturated carbocycles. The van der Waals surface area contributed by atoms with Crippen LogP contribution in [0.25, 0.3) is 0 Å². The zero-order valence-corrected chi connectivity index (χ0v) is 12.4. The van der Waals surface area contributed by atoms with Crippen LogP contribution < -0.4 is 5.32 Å². The first kappa shape index (κ1) is 14.5. The lowest BCUT2D eigenvalue weighted by molar-refractivity contribution is 0.313. The normalized spacial score (nSPS) is 15.1. The number of rotatable bonds is 9. The van der Waals surface area contributed by atoms with E-state index in [0.717, 1.165) is 18.3 Å². The van der Waals surface area contributed by atoms with Crippen LogP contribution in [0.15, 0.2) is 18.2 Å². The van der Waals surface area contributed by atoms with Gasteiger partial charge in [0.05, 0.1) is 5.69 Å². The summed E-state index contributed by atoms with van der Waals surface area (Å²) in [7, 11) is 2.19. The molecule has 0 radical (unpaired) electrons. The molecule has 106 valence electrons. The first-order valence-electron chi connectivity index (χ1n) is 7.58. The molecule has 0 aliphatic heterocycles. The molecule has 0 bridgehead atoms. The summed E-state index contributed by atoms with van der Waals surface area (Å²) in [5, 5.41) is 3.57. The van der Waals surface area contributed by atoms with Crippen molar-refractivity contribution in [3.05, 3.63) is 29.6 Å². The zero-order valence-electron chi connectivity index (χ0n) is 12.4. The number of aryl methyl sites for hydroxylation is 1. The van der Waals surface area contributed by atoms with Crippen LogP contribution in [-0.4, -0.2) is 36.1 Å². The number of nitrogens with zero attached hydrogens (tertiary/aromatic N) is 2. The van der Waals surface area contributed by atoms with Gasteiger partial charge in [-0.15, -0.1) is 0 Å². The Hall–Kier alpha value is -0.930. The minimum atomic E-state index is 0.857. The number of hydrogen-bond donors (Lipinski definition) is 1. The quantitative estimate of drug-likeness (QED) is 0.693. The number of hydrogen-bond acceptors (Lipinski definition) is 3. The van der Waals surface area contributed by atoms with Crippen LogP contribution in [-0.2, 0) is 6.54 Å². The first-order valence-corrected chi connectivity index (χ1v) is 7.58. The SMILES string of the molecule is Cc1cccc(CN(C)CCCCCNC2CC2)n1. The monoisotopic (exact) mass is 261 g/mol. The molecule has 0 atom stereocenters. The Kier molecular flexibility index (Phi) is 5.80. The molecule has 19 heavy (non-hydrogen) atoms. The minimum Gasteiger partial charge on any atom is -0.314 e. The molecule has 0 aromatic carbocycles. The molecule has 1 aromatic heterocycles. The van der Waals surface area contributed by atoms with Crippen molar-refractivity contribution in [1.29, 1.82) is 0 Å². The van der Waals surface area contributed by atoms with Gasteiger partial charge in [0.25, 0.3) is 0 Å². The fourth-order valence-electron chi connectivity index (χ4n) is 2.32. The molecule has 1 aliphatic carbocycles. The van der Waals surface area contributed by atoms with Crippen molar-refractivity contribution >= 4 is 0 Å². The summed E-state index contributed by atoms with van der Waals surface area (Å²) >= 11 is 0. The van der Waals surface area contributed by atoms with Crippen molar-refractivity contribution < 1.29 is 0 Å². The number of unbranched alkanes of at least 4 members (excludes halogenated alkanes) is 2. The van der Waals surface area contributed by atoms with E-state index in [1.54, 1.807) is 0 Å². The molecule has 0 amide bonds. The average Bonchev–Trinajstić information content (AvgIpc) is 3.17. The molecule has 0 unspecified atom stereocenters. The van der Waals surface area contributed by atoms with Gasteiger partial charge in [0.1, 0.15) is 0 Å². The van der Waals surface area contributed by atoms with Crippen molar-refractivity contribution in [3.8, 4) is 0 Å². The molecule has 2 rings (SSSR count). The van der Waals surface area contributed by atoms with Gasteiger partial charge in [-0.25, -0.2) is 0 Å². The fourth-order valence-corrected chi connectivity index (χ4v) is 2.32. The standard InChI is InChI=1S/C16H27N3/c1-14-7-6-8-16(18-14)13-19(2)12-5-3-4-11-17-15-9-10-15/h6-8,15,17H,3-5,9-13H2,1-2H3. The lowest BCUT2D eigenvalue weighted by Crippen LogP contribution is -2.21. The highest BCUT2D eigenvalue weighted by Crippen LogP contribution is 2.18. The van der Waals surface area contributed by atoms with Gasteiger partial charge in [0, 0.05) is 18.3 Å². The van der Waals surface area contributed by atoms with Gasteiger partial charge in [0.15, 0.2) is 0 Å². The highest BCUT2D eigenvalue weighted by Gasteiger charge is 2.19. The number of pyridine rings is 1. The zero-order chi connectivity index (χ0) is 13.5. The Labute approximate surface area is 117 Å².